The van der Waals surface area contributed by atoms with Crippen LogP contribution in [0.4, 0.5) is 0 Å². The Kier molecular flexibility index (Phi) is 4.11. The molecule has 3 aromatic heterocycles. The third kappa shape index (κ3) is 2.86. The lowest BCUT2D eigenvalue weighted by Crippen LogP contribution is -1.97. The monoisotopic (exact) mass is 437 g/mol. The van der Waals surface area contributed by atoms with Gasteiger partial charge in [0.05, 0.1) is 11.1 Å². The molecule has 0 saturated heterocycles. The second-order valence-corrected chi connectivity index (χ2v) is 8.31. The molecule has 0 aliphatic rings. The third-order valence-electron chi connectivity index (χ3n) is 6.29. The fourth-order valence-corrected chi connectivity index (χ4v) is 4.72. The van der Waals surface area contributed by atoms with E-state index in [2.05, 4.69) is 88.4 Å². The van der Waals surface area contributed by atoms with Crippen molar-refractivity contribution in [2.75, 3.05) is 0 Å². The predicted octanol–water partition coefficient (Wildman–Crippen LogP) is 7.65. The first-order valence-electron chi connectivity index (χ1n) is 11.3. The van der Waals surface area contributed by atoms with Crippen molar-refractivity contribution in [2.24, 2.45) is 0 Å². The molecule has 7 rings (SSSR count). The lowest BCUT2D eigenvalue weighted by atomic mass is 10.0. The van der Waals surface area contributed by atoms with E-state index in [9.17, 15) is 0 Å². The van der Waals surface area contributed by atoms with Crippen LogP contribution in [0, 0.1) is 0 Å². The molecule has 0 fully saturated rings. The quantitative estimate of drug-likeness (QED) is 0.285. The van der Waals surface area contributed by atoms with Crippen LogP contribution in [0.1, 0.15) is 0 Å². The fraction of sp³-hybridized carbons (Fsp3) is 0. The molecule has 34 heavy (non-hydrogen) atoms. The largest absolute Gasteiger partial charge is 0.455 e. The van der Waals surface area contributed by atoms with Crippen LogP contribution >= 0.6 is 0 Å². The van der Waals surface area contributed by atoms with E-state index in [0.717, 1.165) is 50.1 Å². The van der Waals surface area contributed by atoms with Crippen molar-refractivity contribution in [1.29, 1.82) is 0 Å². The lowest BCUT2D eigenvalue weighted by Gasteiger charge is -2.09. The van der Waals surface area contributed by atoms with Crippen LogP contribution in [0.5, 0.6) is 0 Å². The second kappa shape index (κ2) is 7.42. The van der Waals surface area contributed by atoms with Gasteiger partial charge in [-0.3, -0.25) is 4.57 Å². The summed E-state index contributed by atoms with van der Waals surface area (Å²) in [5.41, 5.74) is 7.64. The number of furan rings is 1. The molecule has 0 amide bonds. The van der Waals surface area contributed by atoms with Crippen LogP contribution in [0.3, 0.4) is 0 Å². The van der Waals surface area contributed by atoms with E-state index in [4.69, 9.17) is 9.40 Å². The van der Waals surface area contributed by atoms with Gasteiger partial charge in [0, 0.05) is 22.7 Å². The number of fused-ring (bicyclic) bond motifs is 4. The number of pyridine rings is 1. The van der Waals surface area contributed by atoms with Crippen LogP contribution in [0.25, 0.3) is 61.3 Å². The topological polar surface area (TPSA) is 43.9 Å². The molecule has 0 unspecified atom stereocenters. The van der Waals surface area contributed by atoms with Crippen LogP contribution in [0.15, 0.2) is 120 Å². The summed E-state index contributed by atoms with van der Waals surface area (Å²) in [6, 6.07) is 37.3. The predicted molar refractivity (Wildman–Crippen MR) is 137 cm³/mol. The van der Waals surface area contributed by atoms with Gasteiger partial charge in [0.2, 0.25) is 0 Å². The minimum absolute atomic E-state index is 0.709. The molecule has 0 saturated carbocycles. The van der Waals surface area contributed by atoms with Crippen molar-refractivity contribution in [1.82, 2.24) is 14.5 Å². The van der Waals surface area contributed by atoms with Crippen molar-refractivity contribution < 1.29 is 4.42 Å². The molecule has 7 aromatic rings. The van der Waals surface area contributed by atoms with Crippen molar-refractivity contribution >= 4 is 33.1 Å². The van der Waals surface area contributed by atoms with Gasteiger partial charge < -0.3 is 4.42 Å². The Bertz CT molecular complexity index is 1800. The molecular formula is C30H19N3O. The first kappa shape index (κ1) is 18.8. The number of para-hydroxylation sites is 2. The Labute approximate surface area is 195 Å². The lowest BCUT2D eigenvalue weighted by molar-refractivity contribution is 0.669. The molecule has 160 valence electrons. The van der Waals surface area contributed by atoms with Crippen molar-refractivity contribution in [2.45, 2.75) is 0 Å². The first-order chi connectivity index (χ1) is 16.9. The minimum atomic E-state index is 0.709. The van der Waals surface area contributed by atoms with Gasteiger partial charge in [-0.15, -0.1) is 0 Å². The van der Waals surface area contributed by atoms with E-state index < -0.39 is 0 Å². The van der Waals surface area contributed by atoms with Gasteiger partial charge in [0.25, 0.3) is 0 Å². The van der Waals surface area contributed by atoms with E-state index in [1.165, 1.54) is 5.56 Å². The zero-order valence-corrected chi connectivity index (χ0v) is 18.2. The Morgan fingerprint density at radius 3 is 2.32 bits per heavy atom. The van der Waals surface area contributed by atoms with E-state index in [0.29, 0.717) is 5.65 Å². The molecule has 0 bridgehead atoms. The highest BCUT2D eigenvalue weighted by atomic mass is 16.3. The van der Waals surface area contributed by atoms with Crippen molar-refractivity contribution in [3.8, 4) is 28.2 Å². The number of aromatic nitrogens is 3. The Hall–Kier alpha value is -4.70. The summed E-state index contributed by atoms with van der Waals surface area (Å²) in [6.07, 6.45) is 1.78. The maximum atomic E-state index is 6.51. The van der Waals surface area contributed by atoms with Crippen molar-refractivity contribution in [3.63, 3.8) is 0 Å². The highest BCUT2D eigenvalue weighted by molar-refractivity contribution is 6.10. The standard InChI is InChI=1S/C30H19N3O/c1-3-9-20(10-4-1)21-16-17-23-24-13-7-14-25(28(24)34-27(23)19-21)30-32-29-26(15-8-18-31-29)33(30)22-11-5-2-6-12-22/h1-19H. The molecule has 0 atom stereocenters. The number of rotatable bonds is 3. The van der Waals surface area contributed by atoms with Crippen LogP contribution < -0.4 is 0 Å². The van der Waals surface area contributed by atoms with E-state index in [-0.39, 0.29) is 0 Å². The van der Waals surface area contributed by atoms with E-state index in [1.54, 1.807) is 6.20 Å². The van der Waals surface area contributed by atoms with Crippen LogP contribution in [-0.2, 0) is 0 Å². The molecule has 3 heterocycles. The number of nitrogens with zero attached hydrogens (tertiary/aromatic N) is 3. The van der Waals surface area contributed by atoms with Gasteiger partial charge in [-0.1, -0.05) is 66.7 Å². The Morgan fingerprint density at radius 2 is 1.47 bits per heavy atom. The fourth-order valence-electron chi connectivity index (χ4n) is 4.72. The Morgan fingerprint density at radius 1 is 0.647 bits per heavy atom. The van der Waals surface area contributed by atoms with Gasteiger partial charge in [0.1, 0.15) is 11.2 Å². The van der Waals surface area contributed by atoms with Gasteiger partial charge >= 0.3 is 0 Å². The average molecular weight is 438 g/mol. The normalized spacial score (nSPS) is 11.5. The van der Waals surface area contributed by atoms with E-state index in [1.807, 2.05) is 30.3 Å². The van der Waals surface area contributed by atoms with Gasteiger partial charge in [0.15, 0.2) is 11.5 Å². The number of benzene rings is 4. The molecule has 4 heteroatoms. The zero-order chi connectivity index (χ0) is 22.5. The highest BCUT2D eigenvalue weighted by Crippen LogP contribution is 2.38. The third-order valence-corrected chi connectivity index (χ3v) is 6.29. The summed E-state index contributed by atoms with van der Waals surface area (Å²) in [5.74, 6) is 0.813. The van der Waals surface area contributed by atoms with Gasteiger partial charge in [-0.05, 0) is 53.6 Å². The minimum Gasteiger partial charge on any atom is -0.455 e. The SMILES string of the molecule is c1ccc(-c2ccc3c(c2)oc2c(-c4nc5ncccc5n4-c4ccccc4)cccc23)cc1. The van der Waals surface area contributed by atoms with Crippen LogP contribution in [0.2, 0.25) is 0 Å². The molecule has 4 aromatic carbocycles. The summed E-state index contributed by atoms with van der Waals surface area (Å²) in [6.45, 7) is 0. The van der Waals surface area contributed by atoms with Gasteiger partial charge in [-0.25, -0.2) is 9.97 Å². The molecule has 4 nitrogen and oxygen atoms in total. The zero-order valence-electron chi connectivity index (χ0n) is 18.2. The molecule has 0 aliphatic carbocycles. The Balaban J connectivity index is 1.50. The molecular weight excluding hydrogens is 418 g/mol. The summed E-state index contributed by atoms with van der Waals surface area (Å²) < 4.78 is 8.67. The number of hydrogen-bond acceptors (Lipinski definition) is 3. The number of imidazole rings is 1. The van der Waals surface area contributed by atoms with Crippen molar-refractivity contribution in [3.05, 3.63) is 115 Å². The second-order valence-electron chi connectivity index (χ2n) is 8.31. The molecule has 0 radical (unpaired) electrons. The maximum absolute atomic E-state index is 6.51. The molecule has 0 spiro atoms. The summed E-state index contributed by atoms with van der Waals surface area (Å²) >= 11 is 0. The average Bonchev–Trinajstić information content (AvgIpc) is 3.48. The number of hydrogen-bond donors (Lipinski definition) is 0. The van der Waals surface area contributed by atoms with Crippen LogP contribution in [-0.4, -0.2) is 14.5 Å². The molecule has 0 N–H and O–H groups in total. The van der Waals surface area contributed by atoms with E-state index >= 15 is 0 Å². The maximum Gasteiger partial charge on any atom is 0.178 e. The summed E-state index contributed by atoms with van der Waals surface area (Å²) in [7, 11) is 0. The smallest absolute Gasteiger partial charge is 0.178 e. The molecule has 0 aliphatic heterocycles. The first-order valence-corrected chi connectivity index (χ1v) is 11.3. The summed E-state index contributed by atoms with van der Waals surface area (Å²) in [4.78, 5) is 9.46. The summed E-state index contributed by atoms with van der Waals surface area (Å²) in [5, 5.41) is 2.17. The van der Waals surface area contributed by atoms with Gasteiger partial charge in [-0.2, -0.15) is 0 Å². The highest BCUT2D eigenvalue weighted by Gasteiger charge is 2.20.